The summed E-state index contributed by atoms with van der Waals surface area (Å²) >= 11 is 0. The van der Waals surface area contributed by atoms with Crippen molar-refractivity contribution in [3.63, 3.8) is 0 Å². The smallest absolute Gasteiger partial charge is 0.186 e. The molecule has 6 nitrogen and oxygen atoms in total. The standard InChI is InChI=1S/C14H18O6/c1-17-14-11(16)10(15)12-9(19-14)7-18-13(20-12)8-5-3-2-4-6-8/h2-6,9-16H,7H2,1H3/t9-,10?,11-,12-,13?,14+/m1/s1. The zero-order valence-electron chi connectivity index (χ0n) is 11.1. The van der Waals surface area contributed by atoms with Gasteiger partial charge in [-0.25, -0.2) is 0 Å². The average molecular weight is 282 g/mol. The largest absolute Gasteiger partial charge is 0.387 e. The van der Waals surface area contributed by atoms with Crippen molar-refractivity contribution in [1.29, 1.82) is 0 Å². The van der Waals surface area contributed by atoms with E-state index in [4.69, 9.17) is 18.9 Å². The van der Waals surface area contributed by atoms with E-state index < -0.39 is 37.0 Å². The molecule has 0 amide bonds. The molecule has 2 aliphatic rings. The summed E-state index contributed by atoms with van der Waals surface area (Å²) in [6.07, 6.45) is -4.76. The maximum Gasteiger partial charge on any atom is 0.186 e. The van der Waals surface area contributed by atoms with Crippen molar-refractivity contribution in [2.45, 2.75) is 37.0 Å². The summed E-state index contributed by atoms with van der Waals surface area (Å²) in [4.78, 5) is 0. The molecule has 2 heterocycles. The van der Waals surface area contributed by atoms with Crippen LogP contribution in [-0.2, 0) is 18.9 Å². The number of rotatable bonds is 2. The number of ether oxygens (including phenoxy) is 4. The molecule has 6 heteroatoms. The van der Waals surface area contributed by atoms with Gasteiger partial charge in [0.2, 0.25) is 0 Å². The summed E-state index contributed by atoms with van der Waals surface area (Å²) in [6, 6.07) is 9.45. The van der Waals surface area contributed by atoms with Gasteiger partial charge in [-0.05, 0) is 0 Å². The maximum absolute atomic E-state index is 10.1. The van der Waals surface area contributed by atoms with Crippen LogP contribution in [0.3, 0.4) is 0 Å². The van der Waals surface area contributed by atoms with E-state index in [-0.39, 0.29) is 6.61 Å². The van der Waals surface area contributed by atoms with Gasteiger partial charge in [-0.2, -0.15) is 0 Å². The van der Waals surface area contributed by atoms with E-state index in [0.717, 1.165) is 5.56 Å². The molecule has 1 aromatic carbocycles. The third-order valence-corrected chi connectivity index (χ3v) is 3.64. The van der Waals surface area contributed by atoms with Crippen molar-refractivity contribution >= 4 is 0 Å². The van der Waals surface area contributed by atoms with Gasteiger partial charge in [0.05, 0.1) is 6.61 Å². The monoisotopic (exact) mass is 282 g/mol. The van der Waals surface area contributed by atoms with Crippen molar-refractivity contribution < 1.29 is 29.2 Å². The van der Waals surface area contributed by atoms with Crippen LogP contribution >= 0.6 is 0 Å². The van der Waals surface area contributed by atoms with E-state index in [1.54, 1.807) is 0 Å². The quantitative estimate of drug-likeness (QED) is 0.806. The molecule has 0 spiro atoms. The van der Waals surface area contributed by atoms with Gasteiger partial charge in [-0.15, -0.1) is 0 Å². The van der Waals surface area contributed by atoms with Gasteiger partial charge >= 0.3 is 0 Å². The van der Waals surface area contributed by atoms with Crippen LogP contribution in [0.1, 0.15) is 11.9 Å². The highest BCUT2D eigenvalue weighted by Crippen LogP contribution is 2.33. The van der Waals surface area contributed by atoms with Crippen molar-refractivity contribution in [1.82, 2.24) is 0 Å². The number of aliphatic hydroxyl groups is 2. The second-order valence-electron chi connectivity index (χ2n) is 4.94. The first kappa shape index (κ1) is 13.9. The Bertz CT molecular complexity index is 437. The molecule has 2 unspecified atom stereocenters. The number of aliphatic hydroxyl groups excluding tert-OH is 2. The predicted octanol–water partition coefficient (Wildman–Crippen LogP) is 0.194. The van der Waals surface area contributed by atoms with Gasteiger partial charge in [0.15, 0.2) is 12.6 Å². The van der Waals surface area contributed by atoms with E-state index in [1.165, 1.54) is 7.11 Å². The molecule has 1 aromatic rings. The third kappa shape index (κ3) is 2.46. The molecule has 110 valence electrons. The minimum atomic E-state index is -1.14. The number of fused-ring (bicyclic) bond motifs is 1. The topological polar surface area (TPSA) is 77.4 Å². The van der Waals surface area contributed by atoms with E-state index in [1.807, 2.05) is 30.3 Å². The fourth-order valence-corrected chi connectivity index (χ4v) is 2.55. The summed E-state index contributed by atoms with van der Waals surface area (Å²) in [6.45, 7) is 0.272. The summed E-state index contributed by atoms with van der Waals surface area (Å²) in [5.41, 5.74) is 0.863. The minimum absolute atomic E-state index is 0.272. The first-order valence-electron chi connectivity index (χ1n) is 6.57. The van der Waals surface area contributed by atoms with Crippen molar-refractivity contribution in [3.05, 3.63) is 35.9 Å². The lowest BCUT2D eigenvalue weighted by Gasteiger charge is -2.45. The third-order valence-electron chi connectivity index (χ3n) is 3.64. The van der Waals surface area contributed by atoms with Gasteiger partial charge < -0.3 is 29.2 Å². The van der Waals surface area contributed by atoms with Gasteiger partial charge in [0.25, 0.3) is 0 Å². The number of hydrogen-bond donors (Lipinski definition) is 2. The lowest BCUT2D eigenvalue weighted by atomic mass is 9.98. The van der Waals surface area contributed by atoms with Gasteiger partial charge in [0.1, 0.15) is 24.4 Å². The van der Waals surface area contributed by atoms with Crippen molar-refractivity contribution in [2.75, 3.05) is 13.7 Å². The van der Waals surface area contributed by atoms with Crippen molar-refractivity contribution in [2.24, 2.45) is 0 Å². The Hall–Kier alpha value is -1.02. The molecule has 20 heavy (non-hydrogen) atoms. The zero-order valence-corrected chi connectivity index (χ0v) is 11.1. The van der Waals surface area contributed by atoms with Gasteiger partial charge in [-0.3, -0.25) is 0 Å². The highest BCUT2D eigenvalue weighted by Gasteiger charge is 2.48. The molecule has 3 rings (SSSR count). The summed E-state index contributed by atoms with van der Waals surface area (Å²) in [7, 11) is 1.41. The Balaban J connectivity index is 1.74. The van der Waals surface area contributed by atoms with Crippen LogP contribution < -0.4 is 0 Å². The molecular weight excluding hydrogens is 264 g/mol. The Morgan fingerprint density at radius 3 is 2.55 bits per heavy atom. The van der Waals surface area contributed by atoms with Crippen LogP contribution in [0, 0.1) is 0 Å². The van der Waals surface area contributed by atoms with Crippen LogP contribution in [0.2, 0.25) is 0 Å². The Kier molecular flexibility index (Phi) is 4.02. The molecule has 6 atom stereocenters. The summed E-state index contributed by atoms with van der Waals surface area (Å²) in [5, 5.41) is 20.1. The van der Waals surface area contributed by atoms with Crippen LogP contribution in [0.4, 0.5) is 0 Å². The molecule has 2 N–H and O–H groups in total. The van der Waals surface area contributed by atoms with Crippen LogP contribution in [0.5, 0.6) is 0 Å². The summed E-state index contributed by atoms with van der Waals surface area (Å²) in [5.74, 6) is 0. The van der Waals surface area contributed by atoms with Gasteiger partial charge in [-0.1, -0.05) is 30.3 Å². The molecular formula is C14H18O6. The van der Waals surface area contributed by atoms with Crippen molar-refractivity contribution in [3.8, 4) is 0 Å². The van der Waals surface area contributed by atoms with E-state index in [9.17, 15) is 10.2 Å². The number of methoxy groups -OCH3 is 1. The van der Waals surface area contributed by atoms with E-state index in [2.05, 4.69) is 0 Å². The lowest BCUT2D eigenvalue weighted by Crippen LogP contribution is -2.62. The van der Waals surface area contributed by atoms with Crippen LogP contribution in [0.15, 0.2) is 30.3 Å². The fourth-order valence-electron chi connectivity index (χ4n) is 2.55. The fraction of sp³-hybridized carbons (Fsp3) is 0.571. The molecule has 0 saturated carbocycles. The van der Waals surface area contributed by atoms with Crippen LogP contribution in [-0.4, -0.2) is 54.6 Å². The maximum atomic E-state index is 10.1. The zero-order chi connectivity index (χ0) is 14.1. The number of hydrogen-bond acceptors (Lipinski definition) is 6. The molecule has 2 saturated heterocycles. The average Bonchev–Trinajstić information content (AvgIpc) is 2.51. The predicted molar refractivity (Wildman–Crippen MR) is 67.7 cm³/mol. The Labute approximate surface area is 116 Å². The SMILES string of the molecule is CO[C@H]1O[C@@H]2COC(c3ccccc3)O[C@H]2C(O)[C@H]1O. The second kappa shape index (κ2) is 5.77. The first-order chi connectivity index (χ1) is 9.70. The number of benzene rings is 1. The van der Waals surface area contributed by atoms with Crippen LogP contribution in [0.25, 0.3) is 0 Å². The molecule has 0 radical (unpaired) electrons. The first-order valence-corrected chi connectivity index (χ1v) is 6.57. The second-order valence-corrected chi connectivity index (χ2v) is 4.94. The Morgan fingerprint density at radius 1 is 1.10 bits per heavy atom. The lowest BCUT2D eigenvalue weighted by molar-refractivity contribution is -0.358. The highest BCUT2D eigenvalue weighted by molar-refractivity contribution is 5.16. The highest BCUT2D eigenvalue weighted by atomic mass is 16.7. The minimum Gasteiger partial charge on any atom is -0.387 e. The molecule has 2 aliphatic heterocycles. The molecule has 0 bridgehead atoms. The molecule has 2 fully saturated rings. The molecule has 0 aromatic heterocycles. The van der Waals surface area contributed by atoms with E-state index in [0.29, 0.717) is 0 Å². The van der Waals surface area contributed by atoms with E-state index >= 15 is 0 Å². The Morgan fingerprint density at radius 2 is 1.85 bits per heavy atom. The van der Waals surface area contributed by atoms with Gasteiger partial charge in [0, 0.05) is 12.7 Å². The summed E-state index contributed by atoms with van der Waals surface area (Å²) < 4.78 is 21.9. The molecule has 0 aliphatic carbocycles. The normalized spacial score (nSPS) is 41.1.